The van der Waals surface area contributed by atoms with E-state index in [9.17, 15) is 13.2 Å². The molecule has 0 unspecified atom stereocenters. The van der Waals surface area contributed by atoms with Gasteiger partial charge in [-0.15, -0.1) is 0 Å². The average molecular weight is 351 g/mol. The quantitative estimate of drug-likeness (QED) is 0.906. The molecule has 0 atom stereocenters. The zero-order chi connectivity index (χ0) is 17.9. The number of ether oxygens (including phenoxy) is 1. The molecule has 25 heavy (non-hydrogen) atoms. The number of benzene rings is 1. The van der Waals surface area contributed by atoms with E-state index in [2.05, 4.69) is 15.3 Å². The first kappa shape index (κ1) is 17.7. The molecule has 0 bridgehead atoms. The molecule has 1 fully saturated rings. The molecule has 0 radical (unpaired) electrons. The molecule has 3 rings (SSSR count). The summed E-state index contributed by atoms with van der Waals surface area (Å²) in [6.45, 7) is 3.42. The van der Waals surface area contributed by atoms with E-state index in [-0.39, 0.29) is 0 Å². The molecule has 1 N–H and O–H groups in total. The number of hydrogen-bond acceptors (Lipinski definition) is 4. The Morgan fingerprint density at radius 1 is 1.16 bits per heavy atom. The van der Waals surface area contributed by atoms with E-state index < -0.39 is 17.2 Å². The summed E-state index contributed by atoms with van der Waals surface area (Å²) in [4.78, 5) is 8.22. The third-order valence-corrected chi connectivity index (χ3v) is 4.66. The first-order valence-corrected chi connectivity index (χ1v) is 8.17. The van der Waals surface area contributed by atoms with Crippen molar-refractivity contribution in [2.24, 2.45) is 0 Å². The van der Waals surface area contributed by atoms with Crippen molar-refractivity contribution in [2.45, 2.75) is 31.4 Å². The first-order valence-electron chi connectivity index (χ1n) is 8.17. The zero-order valence-electron chi connectivity index (χ0n) is 13.9. The van der Waals surface area contributed by atoms with Crippen LogP contribution in [-0.4, -0.2) is 29.7 Å². The fourth-order valence-corrected chi connectivity index (χ4v) is 3.17. The van der Waals surface area contributed by atoms with Crippen LogP contribution in [0.25, 0.3) is 0 Å². The minimum Gasteiger partial charge on any atom is -0.381 e. The fourth-order valence-electron chi connectivity index (χ4n) is 3.17. The summed E-state index contributed by atoms with van der Waals surface area (Å²) in [7, 11) is 0. The highest BCUT2D eigenvalue weighted by molar-refractivity contribution is 5.39. The summed E-state index contributed by atoms with van der Waals surface area (Å²) >= 11 is 0. The number of rotatable bonds is 4. The maximum Gasteiger partial charge on any atom is 0.416 e. The number of aryl methyl sites for hydroxylation is 1. The third kappa shape index (κ3) is 4.10. The second kappa shape index (κ2) is 7.00. The minimum absolute atomic E-state index is 0.418. The molecule has 4 nitrogen and oxygen atoms in total. The zero-order valence-corrected chi connectivity index (χ0v) is 13.9. The number of hydrogen-bond donors (Lipinski definition) is 1. The van der Waals surface area contributed by atoms with E-state index in [1.54, 1.807) is 6.07 Å². The van der Waals surface area contributed by atoms with E-state index in [1.807, 2.05) is 13.0 Å². The van der Waals surface area contributed by atoms with Crippen LogP contribution in [0.4, 0.5) is 19.0 Å². The third-order valence-electron chi connectivity index (χ3n) is 4.66. The van der Waals surface area contributed by atoms with E-state index in [0.717, 1.165) is 11.8 Å². The number of anilines is 1. The maximum atomic E-state index is 13.1. The largest absolute Gasteiger partial charge is 0.416 e. The molecule has 1 saturated heterocycles. The summed E-state index contributed by atoms with van der Waals surface area (Å²) in [5, 5.41) is 3.26. The SMILES string of the molecule is Cc1cc(NCC2(c3cccc(C(F)(F)F)c3)CCOCC2)ncn1. The van der Waals surface area contributed by atoms with Crippen molar-refractivity contribution in [3.8, 4) is 0 Å². The second-order valence-corrected chi connectivity index (χ2v) is 6.37. The first-order chi connectivity index (χ1) is 11.9. The minimum atomic E-state index is -4.35. The van der Waals surface area contributed by atoms with Gasteiger partial charge in [-0.3, -0.25) is 0 Å². The number of alkyl halides is 3. The molecule has 1 aromatic heterocycles. The Hall–Kier alpha value is -2.15. The Morgan fingerprint density at radius 2 is 1.92 bits per heavy atom. The molecule has 1 aliphatic rings. The van der Waals surface area contributed by atoms with Crippen LogP contribution < -0.4 is 5.32 Å². The highest BCUT2D eigenvalue weighted by atomic mass is 19.4. The molecule has 0 saturated carbocycles. The van der Waals surface area contributed by atoms with Crippen molar-refractivity contribution < 1.29 is 17.9 Å². The van der Waals surface area contributed by atoms with Gasteiger partial charge in [0.1, 0.15) is 12.1 Å². The molecular formula is C18H20F3N3O. The van der Waals surface area contributed by atoms with Crippen LogP contribution in [0.1, 0.15) is 29.7 Å². The van der Waals surface area contributed by atoms with Gasteiger partial charge in [0.15, 0.2) is 0 Å². The van der Waals surface area contributed by atoms with Crippen molar-refractivity contribution in [2.75, 3.05) is 25.1 Å². The predicted octanol–water partition coefficient (Wildman–Crippen LogP) is 3.96. The molecule has 7 heteroatoms. The van der Waals surface area contributed by atoms with Crippen molar-refractivity contribution in [1.82, 2.24) is 9.97 Å². The summed E-state index contributed by atoms with van der Waals surface area (Å²) in [5.74, 6) is 0.672. The molecule has 0 amide bonds. The van der Waals surface area contributed by atoms with Gasteiger partial charge >= 0.3 is 6.18 Å². The van der Waals surface area contributed by atoms with Crippen molar-refractivity contribution >= 4 is 5.82 Å². The topological polar surface area (TPSA) is 47.0 Å². The molecule has 2 aromatic rings. The van der Waals surface area contributed by atoms with Crippen LogP contribution in [0.5, 0.6) is 0 Å². The lowest BCUT2D eigenvalue weighted by Crippen LogP contribution is -2.40. The molecule has 1 aliphatic heterocycles. The smallest absolute Gasteiger partial charge is 0.381 e. The van der Waals surface area contributed by atoms with Crippen LogP contribution in [0.3, 0.4) is 0 Å². The molecular weight excluding hydrogens is 331 g/mol. The van der Waals surface area contributed by atoms with Crippen LogP contribution in [0.2, 0.25) is 0 Å². The Labute approximate surface area is 144 Å². The summed E-state index contributed by atoms with van der Waals surface area (Å²) in [6, 6.07) is 7.44. The van der Waals surface area contributed by atoms with Crippen molar-refractivity contribution in [3.63, 3.8) is 0 Å². The van der Waals surface area contributed by atoms with E-state index in [1.165, 1.54) is 18.5 Å². The van der Waals surface area contributed by atoms with Crippen molar-refractivity contribution in [3.05, 3.63) is 53.5 Å². The van der Waals surface area contributed by atoms with E-state index >= 15 is 0 Å². The average Bonchev–Trinajstić information content (AvgIpc) is 2.60. The standard InChI is InChI=1S/C18H20F3N3O/c1-13-9-16(24-12-23-13)22-11-17(5-7-25-8-6-17)14-3-2-4-15(10-14)18(19,20)21/h2-4,9-10,12H,5-8,11H2,1H3,(H,22,23,24). The highest BCUT2D eigenvalue weighted by Crippen LogP contribution is 2.38. The lowest BCUT2D eigenvalue weighted by Gasteiger charge is -2.38. The van der Waals surface area contributed by atoms with Gasteiger partial charge in [0.2, 0.25) is 0 Å². The fraction of sp³-hybridized carbons (Fsp3) is 0.444. The monoisotopic (exact) mass is 351 g/mol. The van der Waals surface area contributed by atoms with Crippen LogP contribution in [-0.2, 0) is 16.3 Å². The molecule has 0 spiro atoms. The summed E-state index contributed by atoms with van der Waals surface area (Å²) in [6.07, 6.45) is -1.56. The molecule has 134 valence electrons. The summed E-state index contributed by atoms with van der Waals surface area (Å²) < 4.78 is 44.7. The molecule has 1 aromatic carbocycles. The Kier molecular flexibility index (Phi) is 4.94. The van der Waals surface area contributed by atoms with Gasteiger partial charge in [-0.25, -0.2) is 9.97 Å². The van der Waals surface area contributed by atoms with Crippen LogP contribution in [0.15, 0.2) is 36.7 Å². The van der Waals surface area contributed by atoms with Gasteiger partial charge in [0, 0.05) is 36.9 Å². The Morgan fingerprint density at radius 3 is 2.60 bits per heavy atom. The van der Waals surface area contributed by atoms with Crippen LogP contribution >= 0.6 is 0 Å². The number of aromatic nitrogens is 2. The Bertz CT molecular complexity index is 728. The van der Waals surface area contributed by atoms with Crippen LogP contribution in [0, 0.1) is 6.92 Å². The second-order valence-electron chi connectivity index (χ2n) is 6.37. The predicted molar refractivity (Wildman–Crippen MR) is 88.4 cm³/mol. The number of halogens is 3. The van der Waals surface area contributed by atoms with E-state index in [4.69, 9.17) is 4.74 Å². The molecule has 2 heterocycles. The number of nitrogens with one attached hydrogen (secondary N) is 1. The van der Waals surface area contributed by atoms with Gasteiger partial charge in [-0.1, -0.05) is 18.2 Å². The lowest BCUT2D eigenvalue weighted by atomic mass is 9.73. The highest BCUT2D eigenvalue weighted by Gasteiger charge is 2.37. The van der Waals surface area contributed by atoms with Gasteiger partial charge in [-0.05, 0) is 31.4 Å². The number of nitrogens with zero attached hydrogens (tertiary/aromatic N) is 2. The lowest BCUT2D eigenvalue weighted by molar-refractivity contribution is -0.137. The maximum absolute atomic E-state index is 13.1. The van der Waals surface area contributed by atoms with Crippen molar-refractivity contribution in [1.29, 1.82) is 0 Å². The van der Waals surface area contributed by atoms with Gasteiger partial charge in [-0.2, -0.15) is 13.2 Å². The normalized spacial score (nSPS) is 17.3. The van der Waals surface area contributed by atoms with Gasteiger partial charge < -0.3 is 10.1 Å². The van der Waals surface area contributed by atoms with Gasteiger partial charge in [0.05, 0.1) is 5.56 Å². The van der Waals surface area contributed by atoms with E-state index in [0.29, 0.717) is 44.0 Å². The summed E-state index contributed by atoms with van der Waals surface area (Å²) in [5.41, 5.74) is 0.480. The van der Waals surface area contributed by atoms with Gasteiger partial charge in [0.25, 0.3) is 0 Å². The Balaban J connectivity index is 1.88. The molecule has 0 aliphatic carbocycles.